The Morgan fingerprint density at radius 1 is 1.12 bits per heavy atom. The van der Waals surface area contributed by atoms with Crippen molar-refractivity contribution in [2.45, 2.75) is 27.2 Å². The second-order valence-electron chi connectivity index (χ2n) is 6.31. The summed E-state index contributed by atoms with van der Waals surface area (Å²) in [6, 6.07) is 10.7. The van der Waals surface area contributed by atoms with Crippen LogP contribution in [0.4, 0.5) is 11.4 Å². The van der Waals surface area contributed by atoms with Crippen LogP contribution in [0, 0.1) is 20.8 Å². The molecular weight excluding hydrogens is 372 g/mol. The van der Waals surface area contributed by atoms with Gasteiger partial charge in [0.2, 0.25) is 15.9 Å². The Labute approximate surface area is 160 Å². The molecule has 1 amide bonds. The van der Waals surface area contributed by atoms with Gasteiger partial charge in [-0.05, 0) is 55.7 Å². The van der Waals surface area contributed by atoms with Crippen molar-refractivity contribution in [3.05, 3.63) is 58.1 Å². The number of nitrogens with zero attached hydrogens (tertiary/aromatic N) is 1. The normalized spacial score (nSPS) is 11.3. The number of carbonyl (C=O) groups is 1. The van der Waals surface area contributed by atoms with E-state index in [0.717, 1.165) is 22.9 Å². The van der Waals surface area contributed by atoms with Crippen molar-refractivity contribution in [1.82, 2.24) is 0 Å². The number of aryl methyl sites for hydroxylation is 2. The summed E-state index contributed by atoms with van der Waals surface area (Å²) >= 11 is 5.96. The third-order valence-corrected chi connectivity index (χ3v) is 5.68. The van der Waals surface area contributed by atoms with Crippen molar-refractivity contribution in [2.75, 3.05) is 22.4 Å². The first kappa shape index (κ1) is 20.3. The van der Waals surface area contributed by atoms with Crippen LogP contribution in [0.3, 0.4) is 0 Å². The van der Waals surface area contributed by atoms with Crippen LogP contribution in [0.15, 0.2) is 36.4 Å². The Balaban J connectivity index is 2.16. The van der Waals surface area contributed by atoms with Gasteiger partial charge in [0.25, 0.3) is 0 Å². The third-order valence-electron chi connectivity index (χ3n) is 4.26. The topological polar surface area (TPSA) is 66.5 Å². The van der Waals surface area contributed by atoms with Crippen molar-refractivity contribution in [3.63, 3.8) is 0 Å². The molecule has 0 spiro atoms. The van der Waals surface area contributed by atoms with Crippen LogP contribution in [0.5, 0.6) is 0 Å². The van der Waals surface area contributed by atoms with Gasteiger partial charge in [-0.25, -0.2) is 8.42 Å². The van der Waals surface area contributed by atoms with Gasteiger partial charge in [-0.3, -0.25) is 9.10 Å². The van der Waals surface area contributed by atoms with Crippen LogP contribution >= 0.6 is 11.6 Å². The Kier molecular flexibility index (Phi) is 6.31. The molecule has 0 radical (unpaired) electrons. The highest BCUT2D eigenvalue weighted by atomic mass is 35.5. The highest BCUT2D eigenvalue weighted by molar-refractivity contribution is 7.92. The smallest absolute Gasteiger partial charge is 0.232 e. The number of hydrogen-bond acceptors (Lipinski definition) is 3. The van der Waals surface area contributed by atoms with Gasteiger partial charge in [0.05, 0.1) is 11.9 Å². The molecule has 2 rings (SSSR count). The van der Waals surface area contributed by atoms with E-state index < -0.39 is 10.0 Å². The van der Waals surface area contributed by atoms with Crippen molar-refractivity contribution in [2.24, 2.45) is 0 Å². The lowest BCUT2D eigenvalue weighted by molar-refractivity contribution is -0.116. The summed E-state index contributed by atoms with van der Waals surface area (Å²) in [4.78, 5) is 12.3. The van der Waals surface area contributed by atoms with E-state index in [9.17, 15) is 13.2 Å². The molecule has 0 fully saturated rings. The first-order valence-corrected chi connectivity index (χ1v) is 10.4. The number of nitrogens with one attached hydrogen (secondary N) is 1. The maximum Gasteiger partial charge on any atom is 0.232 e. The molecule has 7 heteroatoms. The van der Waals surface area contributed by atoms with E-state index in [0.29, 0.717) is 16.4 Å². The number of anilines is 2. The molecule has 26 heavy (non-hydrogen) atoms. The molecular formula is C19H23ClN2O3S. The van der Waals surface area contributed by atoms with Gasteiger partial charge in [-0.2, -0.15) is 0 Å². The first-order chi connectivity index (χ1) is 12.1. The van der Waals surface area contributed by atoms with E-state index in [1.54, 1.807) is 18.2 Å². The molecule has 1 N–H and O–H groups in total. The zero-order valence-corrected chi connectivity index (χ0v) is 16.9. The molecule has 0 saturated carbocycles. The third kappa shape index (κ3) is 4.99. The largest absolute Gasteiger partial charge is 0.326 e. The Morgan fingerprint density at radius 2 is 1.81 bits per heavy atom. The zero-order chi connectivity index (χ0) is 19.5. The number of rotatable bonds is 6. The minimum Gasteiger partial charge on any atom is -0.326 e. The molecule has 2 aromatic carbocycles. The fourth-order valence-corrected chi connectivity index (χ4v) is 3.77. The fraction of sp³-hybridized carbons (Fsp3) is 0.316. The van der Waals surface area contributed by atoms with Gasteiger partial charge in [0.15, 0.2) is 0 Å². The predicted octanol–water partition coefficient (Wildman–Crippen LogP) is 4.06. The SMILES string of the molecule is Cc1ccc(Cl)cc1NC(=O)CCN(c1cccc(C)c1C)S(C)(=O)=O. The van der Waals surface area contributed by atoms with Gasteiger partial charge < -0.3 is 5.32 Å². The molecule has 0 unspecified atom stereocenters. The van der Waals surface area contributed by atoms with Crippen molar-refractivity contribution < 1.29 is 13.2 Å². The molecule has 0 aliphatic rings. The maximum absolute atomic E-state index is 12.3. The van der Waals surface area contributed by atoms with Crippen molar-refractivity contribution in [1.29, 1.82) is 0 Å². The van der Waals surface area contributed by atoms with E-state index >= 15 is 0 Å². The minimum atomic E-state index is -3.51. The van der Waals surface area contributed by atoms with Gasteiger partial charge in [-0.1, -0.05) is 29.8 Å². The average Bonchev–Trinajstić information content (AvgIpc) is 2.53. The lowest BCUT2D eigenvalue weighted by Crippen LogP contribution is -2.33. The van der Waals surface area contributed by atoms with Gasteiger partial charge >= 0.3 is 0 Å². The molecule has 0 aliphatic heterocycles. The monoisotopic (exact) mass is 394 g/mol. The quantitative estimate of drug-likeness (QED) is 0.803. The van der Waals surface area contributed by atoms with Crippen LogP contribution in [0.2, 0.25) is 5.02 Å². The van der Waals surface area contributed by atoms with Crippen LogP contribution in [0.1, 0.15) is 23.1 Å². The standard InChI is InChI=1S/C19H23ClN2O3S/c1-13-6-5-7-18(15(13)3)22(26(4,24)25)11-10-19(23)21-17-12-16(20)9-8-14(17)2/h5-9,12H,10-11H2,1-4H3,(H,21,23). The Bertz CT molecular complexity index is 926. The van der Waals surface area contributed by atoms with Crippen molar-refractivity contribution in [3.8, 4) is 0 Å². The highest BCUT2D eigenvalue weighted by Gasteiger charge is 2.21. The lowest BCUT2D eigenvalue weighted by atomic mass is 10.1. The highest BCUT2D eigenvalue weighted by Crippen LogP contribution is 2.25. The predicted molar refractivity (Wildman–Crippen MR) is 108 cm³/mol. The van der Waals surface area contributed by atoms with Gasteiger partial charge in [0.1, 0.15) is 0 Å². The zero-order valence-electron chi connectivity index (χ0n) is 15.3. The first-order valence-electron chi connectivity index (χ1n) is 8.19. The lowest BCUT2D eigenvalue weighted by Gasteiger charge is -2.24. The second-order valence-corrected chi connectivity index (χ2v) is 8.65. The van der Waals surface area contributed by atoms with E-state index in [2.05, 4.69) is 5.32 Å². The molecule has 0 heterocycles. The summed E-state index contributed by atoms with van der Waals surface area (Å²) in [5.41, 5.74) is 3.98. The summed E-state index contributed by atoms with van der Waals surface area (Å²) in [6.45, 7) is 5.73. The molecule has 5 nitrogen and oxygen atoms in total. The van der Waals surface area contributed by atoms with Crippen LogP contribution in [-0.4, -0.2) is 27.1 Å². The number of benzene rings is 2. The summed E-state index contributed by atoms with van der Waals surface area (Å²) < 4.78 is 25.8. The number of amides is 1. The van der Waals surface area contributed by atoms with Gasteiger partial charge in [0, 0.05) is 23.7 Å². The van der Waals surface area contributed by atoms with E-state index in [-0.39, 0.29) is 18.9 Å². The summed E-state index contributed by atoms with van der Waals surface area (Å²) in [5.74, 6) is -0.269. The van der Waals surface area contributed by atoms with E-state index in [1.165, 1.54) is 4.31 Å². The molecule has 0 bridgehead atoms. The van der Waals surface area contributed by atoms with Crippen LogP contribution in [-0.2, 0) is 14.8 Å². The molecule has 0 saturated heterocycles. The molecule has 0 aliphatic carbocycles. The minimum absolute atomic E-state index is 0.0341. The molecule has 140 valence electrons. The maximum atomic E-state index is 12.3. The number of sulfonamides is 1. The summed E-state index contributed by atoms with van der Waals surface area (Å²) in [7, 11) is -3.51. The Morgan fingerprint density at radius 3 is 2.46 bits per heavy atom. The van der Waals surface area contributed by atoms with E-state index in [1.807, 2.05) is 39.0 Å². The van der Waals surface area contributed by atoms with Crippen molar-refractivity contribution >= 4 is 38.9 Å². The Hall–Kier alpha value is -2.05. The number of hydrogen-bond donors (Lipinski definition) is 1. The summed E-state index contributed by atoms with van der Waals surface area (Å²) in [6.07, 6.45) is 1.18. The number of carbonyl (C=O) groups excluding carboxylic acids is 1. The van der Waals surface area contributed by atoms with Crippen LogP contribution < -0.4 is 9.62 Å². The molecule has 0 aromatic heterocycles. The molecule has 2 aromatic rings. The van der Waals surface area contributed by atoms with Crippen LogP contribution in [0.25, 0.3) is 0 Å². The van der Waals surface area contributed by atoms with E-state index in [4.69, 9.17) is 11.6 Å². The number of halogens is 1. The fourth-order valence-electron chi connectivity index (χ4n) is 2.62. The summed E-state index contributed by atoms with van der Waals surface area (Å²) in [5, 5.41) is 3.32. The van der Waals surface area contributed by atoms with Gasteiger partial charge in [-0.15, -0.1) is 0 Å². The molecule has 0 atom stereocenters. The average molecular weight is 395 g/mol. The second kappa shape index (κ2) is 8.10.